The monoisotopic (exact) mass is 312 g/mol. The van der Waals surface area contributed by atoms with E-state index in [2.05, 4.69) is 24.5 Å². The van der Waals surface area contributed by atoms with Crippen molar-refractivity contribution >= 4 is 15.7 Å². The van der Waals surface area contributed by atoms with Gasteiger partial charge in [-0.2, -0.15) is 0 Å². The third-order valence-corrected chi connectivity index (χ3v) is 4.10. The van der Waals surface area contributed by atoms with E-state index < -0.39 is 9.84 Å². The Hall–Kier alpha value is -1.40. The molecular weight excluding hydrogens is 288 g/mol. The van der Waals surface area contributed by atoms with Crippen LogP contribution >= 0.6 is 0 Å². The van der Waals surface area contributed by atoms with Crippen molar-refractivity contribution in [2.45, 2.75) is 44.2 Å². The zero-order chi connectivity index (χ0) is 15.9. The van der Waals surface area contributed by atoms with E-state index in [-0.39, 0.29) is 10.8 Å². The van der Waals surface area contributed by atoms with Crippen molar-refractivity contribution in [2.24, 2.45) is 0 Å². The topological polar surface area (TPSA) is 75.3 Å². The summed E-state index contributed by atoms with van der Waals surface area (Å²) in [6.07, 6.45) is 2.47. The summed E-state index contributed by atoms with van der Waals surface area (Å²) in [7, 11) is -3.17. The Morgan fingerprint density at radius 3 is 2.33 bits per heavy atom. The van der Waals surface area contributed by atoms with Crippen LogP contribution in [0.4, 0.5) is 0 Å². The second kappa shape index (κ2) is 8.14. The molecule has 0 aliphatic rings. The maximum atomic E-state index is 11.7. The second-order valence-electron chi connectivity index (χ2n) is 5.41. The van der Waals surface area contributed by atoms with E-state index in [0.29, 0.717) is 19.0 Å². The number of benzene rings is 1. The van der Waals surface area contributed by atoms with Gasteiger partial charge in [0, 0.05) is 25.3 Å². The van der Waals surface area contributed by atoms with E-state index in [4.69, 9.17) is 0 Å². The lowest BCUT2D eigenvalue weighted by molar-refractivity contribution is -0.121. The fourth-order valence-corrected chi connectivity index (χ4v) is 2.41. The zero-order valence-electron chi connectivity index (χ0n) is 12.8. The van der Waals surface area contributed by atoms with Gasteiger partial charge in [-0.1, -0.05) is 26.0 Å². The van der Waals surface area contributed by atoms with Crippen LogP contribution < -0.4 is 10.6 Å². The normalized spacial score (nSPS) is 11.6. The third-order valence-electron chi connectivity index (χ3n) is 2.97. The van der Waals surface area contributed by atoms with E-state index >= 15 is 0 Å². The van der Waals surface area contributed by atoms with E-state index in [9.17, 15) is 13.2 Å². The van der Waals surface area contributed by atoms with Crippen molar-refractivity contribution in [2.75, 3.05) is 12.8 Å². The van der Waals surface area contributed by atoms with Gasteiger partial charge in [-0.05, 0) is 30.7 Å². The van der Waals surface area contributed by atoms with Crippen LogP contribution in [0.3, 0.4) is 0 Å². The summed E-state index contributed by atoms with van der Waals surface area (Å²) in [5, 5.41) is 6.09. The molecule has 0 aromatic heterocycles. The summed E-state index contributed by atoms with van der Waals surface area (Å²) < 4.78 is 22.7. The molecule has 0 aliphatic heterocycles. The molecule has 0 saturated heterocycles. The maximum absolute atomic E-state index is 11.7. The quantitative estimate of drug-likeness (QED) is 0.713. The van der Waals surface area contributed by atoms with Crippen molar-refractivity contribution in [1.82, 2.24) is 10.6 Å². The Morgan fingerprint density at radius 1 is 1.19 bits per heavy atom. The van der Waals surface area contributed by atoms with Crippen LogP contribution in [0.5, 0.6) is 0 Å². The van der Waals surface area contributed by atoms with Crippen LogP contribution in [-0.2, 0) is 21.2 Å². The molecule has 6 heteroatoms. The van der Waals surface area contributed by atoms with Crippen molar-refractivity contribution in [3.63, 3.8) is 0 Å². The second-order valence-corrected chi connectivity index (χ2v) is 7.42. The summed E-state index contributed by atoms with van der Waals surface area (Å²) in [6, 6.07) is 6.99. The van der Waals surface area contributed by atoms with Crippen LogP contribution in [-0.4, -0.2) is 33.2 Å². The fourth-order valence-electron chi connectivity index (χ4n) is 1.78. The van der Waals surface area contributed by atoms with Crippen LogP contribution in [0.2, 0.25) is 0 Å². The fraction of sp³-hybridized carbons (Fsp3) is 0.533. The van der Waals surface area contributed by atoms with Gasteiger partial charge >= 0.3 is 0 Å². The minimum absolute atomic E-state index is 0.00717. The third kappa shape index (κ3) is 7.24. The molecule has 1 rings (SSSR count). The van der Waals surface area contributed by atoms with Crippen molar-refractivity contribution in [1.29, 1.82) is 0 Å². The first-order valence-electron chi connectivity index (χ1n) is 7.08. The molecule has 0 radical (unpaired) electrons. The van der Waals surface area contributed by atoms with E-state index in [0.717, 1.165) is 18.5 Å². The van der Waals surface area contributed by atoms with Gasteiger partial charge in [-0.15, -0.1) is 0 Å². The van der Waals surface area contributed by atoms with Gasteiger partial charge < -0.3 is 10.6 Å². The lowest BCUT2D eigenvalue weighted by Crippen LogP contribution is -2.27. The first kappa shape index (κ1) is 17.7. The molecule has 0 spiro atoms. The number of rotatable bonds is 8. The Labute approximate surface area is 127 Å². The molecule has 5 nitrogen and oxygen atoms in total. The van der Waals surface area contributed by atoms with Gasteiger partial charge in [-0.3, -0.25) is 4.79 Å². The molecule has 118 valence electrons. The molecule has 0 fully saturated rings. The molecule has 1 aromatic rings. The number of hydrogen-bond acceptors (Lipinski definition) is 4. The Morgan fingerprint density at radius 2 is 1.81 bits per heavy atom. The highest BCUT2D eigenvalue weighted by Gasteiger charge is 2.06. The molecule has 0 atom stereocenters. The number of nitrogens with one attached hydrogen (secondary N) is 2. The predicted octanol–water partition coefficient (Wildman–Crippen LogP) is 1.48. The van der Waals surface area contributed by atoms with Crippen molar-refractivity contribution < 1.29 is 13.2 Å². The predicted molar refractivity (Wildman–Crippen MR) is 83.8 cm³/mol. The zero-order valence-corrected chi connectivity index (χ0v) is 13.7. The molecule has 0 saturated carbocycles. The van der Waals surface area contributed by atoms with Gasteiger partial charge in [-0.25, -0.2) is 8.42 Å². The lowest BCUT2D eigenvalue weighted by Gasteiger charge is -2.08. The molecule has 1 aromatic carbocycles. The van der Waals surface area contributed by atoms with Gasteiger partial charge in [0.2, 0.25) is 5.91 Å². The molecule has 1 amide bonds. The minimum atomic E-state index is -3.17. The average molecular weight is 312 g/mol. The minimum Gasteiger partial charge on any atom is -0.352 e. The van der Waals surface area contributed by atoms with Gasteiger partial charge in [0.15, 0.2) is 9.84 Å². The van der Waals surface area contributed by atoms with Crippen LogP contribution in [0, 0.1) is 0 Å². The molecule has 21 heavy (non-hydrogen) atoms. The van der Waals surface area contributed by atoms with Crippen molar-refractivity contribution in [3.8, 4) is 0 Å². The first-order valence-corrected chi connectivity index (χ1v) is 8.97. The summed E-state index contributed by atoms with van der Waals surface area (Å²) >= 11 is 0. The number of hydrogen-bond donors (Lipinski definition) is 2. The summed E-state index contributed by atoms with van der Waals surface area (Å²) in [4.78, 5) is 11.9. The Bertz CT molecular complexity index is 551. The summed E-state index contributed by atoms with van der Waals surface area (Å²) in [6.45, 7) is 5.38. The Balaban J connectivity index is 2.33. The maximum Gasteiger partial charge on any atom is 0.220 e. The molecule has 2 N–H and O–H groups in total. The largest absolute Gasteiger partial charge is 0.352 e. The highest BCUT2D eigenvalue weighted by Crippen LogP contribution is 2.10. The molecule has 0 heterocycles. The number of amides is 1. The van der Waals surface area contributed by atoms with Gasteiger partial charge in [0.1, 0.15) is 0 Å². The lowest BCUT2D eigenvalue weighted by atomic mass is 10.2. The highest BCUT2D eigenvalue weighted by molar-refractivity contribution is 7.90. The standard InChI is InChI=1S/C15H24N2O3S/c1-12(2)16-10-4-5-15(18)17-11-13-6-8-14(9-7-13)21(3,19)20/h6-9,12,16H,4-5,10-11H2,1-3H3,(H,17,18). The highest BCUT2D eigenvalue weighted by atomic mass is 32.2. The van der Waals surface area contributed by atoms with Crippen molar-refractivity contribution in [3.05, 3.63) is 29.8 Å². The number of sulfone groups is 1. The van der Waals surface area contributed by atoms with Gasteiger partial charge in [0.25, 0.3) is 0 Å². The summed E-state index contributed by atoms with van der Waals surface area (Å²) in [5.74, 6) is 0.00717. The summed E-state index contributed by atoms with van der Waals surface area (Å²) in [5.41, 5.74) is 0.885. The van der Waals surface area contributed by atoms with Crippen LogP contribution in [0.15, 0.2) is 29.2 Å². The number of carbonyl (C=O) groups is 1. The molecule has 0 unspecified atom stereocenters. The molecular formula is C15H24N2O3S. The number of carbonyl (C=O) groups excluding carboxylic acids is 1. The van der Waals surface area contributed by atoms with E-state index in [1.807, 2.05) is 0 Å². The van der Waals surface area contributed by atoms with E-state index in [1.54, 1.807) is 24.3 Å². The van der Waals surface area contributed by atoms with Gasteiger partial charge in [0.05, 0.1) is 4.90 Å². The SMILES string of the molecule is CC(C)NCCCC(=O)NCc1ccc(S(C)(=O)=O)cc1. The Kier molecular flexibility index (Phi) is 6.84. The van der Waals surface area contributed by atoms with E-state index in [1.165, 1.54) is 6.26 Å². The molecule has 0 bridgehead atoms. The van der Waals surface area contributed by atoms with Crippen LogP contribution in [0.1, 0.15) is 32.3 Å². The molecule has 0 aliphatic carbocycles. The van der Waals surface area contributed by atoms with Crippen LogP contribution in [0.25, 0.3) is 0 Å². The average Bonchev–Trinajstić information content (AvgIpc) is 2.40. The first-order chi connectivity index (χ1) is 9.79. The smallest absolute Gasteiger partial charge is 0.220 e.